The van der Waals surface area contributed by atoms with Gasteiger partial charge in [-0.2, -0.15) is 0 Å². The maximum Gasteiger partial charge on any atom is 0.167 e. The molecule has 132 valence electrons. The topological polar surface area (TPSA) is 44.7 Å². The summed E-state index contributed by atoms with van der Waals surface area (Å²) in [7, 11) is 0. The molecule has 3 fully saturated rings. The zero-order chi connectivity index (χ0) is 16.6. The van der Waals surface area contributed by atoms with E-state index >= 15 is 0 Å². The summed E-state index contributed by atoms with van der Waals surface area (Å²) in [6.45, 7) is 0.993. The average Bonchev–Trinajstić information content (AvgIpc) is 2.58. The smallest absolute Gasteiger partial charge is 0.167 e. The normalized spacial score (nSPS) is 28.3. The van der Waals surface area contributed by atoms with Crippen LogP contribution >= 0.6 is 0 Å². The summed E-state index contributed by atoms with van der Waals surface area (Å²) >= 11 is 0. The molecular formula is C19H27FN2O2. The third-order valence-corrected chi connectivity index (χ3v) is 6.00. The molecule has 3 aliphatic rings. The Morgan fingerprint density at radius 2 is 2.08 bits per heavy atom. The summed E-state index contributed by atoms with van der Waals surface area (Å²) in [5.41, 5.74) is 1.20. The van der Waals surface area contributed by atoms with Gasteiger partial charge in [-0.15, -0.1) is 0 Å². The van der Waals surface area contributed by atoms with Crippen LogP contribution in [-0.2, 0) is 0 Å². The van der Waals surface area contributed by atoms with E-state index in [2.05, 4.69) is 10.2 Å². The summed E-state index contributed by atoms with van der Waals surface area (Å²) in [5.74, 6) is -0.115. The predicted octanol–water partition coefficient (Wildman–Crippen LogP) is 2.84. The van der Waals surface area contributed by atoms with Crippen molar-refractivity contribution in [1.82, 2.24) is 5.32 Å². The van der Waals surface area contributed by atoms with Gasteiger partial charge in [-0.05, 0) is 44.2 Å². The number of aliphatic hydroxyl groups excluding tert-OH is 1. The number of fused-ring (bicyclic) bond motifs is 1. The van der Waals surface area contributed by atoms with Crippen LogP contribution in [0, 0.1) is 5.82 Å². The second-order valence-electron chi connectivity index (χ2n) is 7.55. The van der Waals surface area contributed by atoms with Gasteiger partial charge in [0.05, 0.1) is 6.61 Å². The van der Waals surface area contributed by atoms with E-state index in [0.717, 1.165) is 12.2 Å². The van der Waals surface area contributed by atoms with Crippen LogP contribution in [0.15, 0.2) is 18.2 Å². The molecule has 0 unspecified atom stereocenters. The van der Waals surface area contributed by atoms with E-state index in [4.69, 9.17) is 9.84 Å². The summed E-state index contributed by atoms with van der Waals surface area (Å²) in [4.78, 5) is 2.44. The molecule has 1 heterocycles. The fraction of sp³-hybridized carbons (Fsp3) is 0.684. The molecule has 0 radical (unpaired) electrons. The van der Waals surface area contributed by atoms with Crippen molar-refractivity contribution in [2.45, 2.75) is 62.6 Å². The summed E-state index contributed by atoms with van der Waals surface area (Å²) in [5, 5.41) is 12.8. The van der Waals surface area contributed by atoms with Gasteiger partial charge in [-0.1, -0.05) is 12.8 Å². The van der Waals surface area contributed by atoms with Crippen LogP contribution < -0.4 is 15.0 Å². The number of nitrogens with one attached hydrogen (secondary N) is 1. The summed E-state index contributed by atoms with van der Waals surface area (Å²) in [6.07, 6.45) is 8.70. The van der Waals surface area contributed by atoms with Gasteiger partial charge < -0.3 is 20.1 Å². The van der Waals surface area contributed by atoms with Crippen molar-refractivity contribution in [3.05, 3.63) is 24.0 Å². The lowest BCUT2D eigenvalue weighted by molar-refractivity contribution is 0.105. The van der Waals surface area contributed by atoms with Gasteiger partial charge in [-0.25, -0.2) is 4.39 Å². The van der Waals surface area contributed by atoms with Gasteiger partial charge in [-0.3, -0.25) is 0 Å². The van der Waals surface area contributed by atoms with E-state index in [1.807, 2.05) is 6.07 Å². The first-order valence-corrected chi connectivity index (χ1v) is 9.28. The lowest BCUT2D eigenvalue weighted by atomic mass is 9.71. The monoisotopic (exact) mass is 334 g/mol. The second kappa shape index (κ2) is 6.52. The fourth-order valence-corrected chi connectivity index (χ4v) is 4.66. The van der Waals surface area contributed by atoms with Crippen molar-refractivity contribution in [2.75, 3.05) is 24.7 Å². The number of nitrogens with zero attached hydrogens (tertiary/aromatic N) is 1. The van der Waals surface area contributed by atoms with Crippen molar-refractivity contribution in [3.63, 3.8) is 0 Å². The first kappa shape index (κ1) is 16.2. The van der Waals surface area contributed by atoms with E-state index in [9.17, 15) is 4.39 Å². The van der Waals surface area contributed by atoms with E-state index < -0.39 is 0 Å². The molecule has 4 rings (SSSR count). The van der Waals surface area contributed by atoms with Gasteiger partial charge in [0.2, 0.25) is 0 Å². The Labute approximate surface area is 143 Å². The Kier molecular flexibility index (Phi) is 4.39. The Balaban J connectivity index is 1.59. The van der Waals surface area contributed by atoms with Gasteiger partial charge in [0.25, 0.3) is 0 Å². The first-order chi connectivity index (χ1) is 11.7. The Morgan fingerprint density at radius 1 is 1.25 bits per heavy atom. The molecule has 0 bridgehead atoms. The number of benzene rings is 1. The highest BCUT2D eigenvalue weighted by Crippen LogP contribution is 2.42. The third-order valence-electron chi connectivity index (χ3n) is 6.00. The van der Waals surface area contributed by atoms with Crippen LogP contribution in [0.25, 0.3) is 0 Å². The molecule has 4 nitrogen and oxygen atoms in total. The molecule has 24 heavy (non-hydrogen) atoms. The molecular weight excluding hydrogens is 307 g/mol. The number of hydrogen-bond donors (Lipinski definition) is 2. The molecule has 0 aromatic heterocycles. The highest BCUT2D eigenvalue weighted by molar-refractivity contribution is 5.52. The zero-order valence-electron chi connectivity index (χ0n) is 14.1. The largest absolute Gasteiger partial charge is 0.488 e. The van der Waals surface area contributed by atoms with Crippen molar-refractivity contribution in [2.24, 2.45) is 0 Å². The van der Waals surface area contributed by atoms with Crippen LogP contribution in [0.1, 0.15) is 44.9 Å². The second-order valence-corrected chi connectivity index (χ2v) is 7.55. The van der Waals surface area contributed by atoms with Crippen molar-refractivity contribution >= 4 is 5.69 Å². The van der Waals surface area contributed by atoms with Gasteiger partial charge in [0.1, 0.15) is 6.61 Å². The summed E-state index contributed by atoms with van der Waals surface area (Å²) < 4.78 is 19.6. The van der Waals surface area contributed by atoms with Crippen LogP contribution in [0.3, 0.4) is 0 Å². The Hall–Kier alpha value is -1.33. The Bertz CT molecular complexity index is 591. The van der Waals surface area contributed by atoms with Crippen LogP contribution in [-0.4, -0.2) is 42.5 Å². The predicted molar refractivity (Wildman–Crippen MR) is 92.1 cm³/mol. The van der Waals surface area contributed by atoms with Gasteiger partial charge in [0.15, 0.2) is 11.6 Å². The molecule has 0 amide bonds. The molecule has 2 N–H and O–H groups in total. The van der Waals surface area contributed by atoms with E-state index in [1.165, 1.54) is 44.9 Å². The van der Waals surface area contributed by atoms with Crippen LogP contribution in [0.2, 0.25) is 0 Å². The Morgan fingerprint density at radius 3 is 2.79 bits per heavy atom. The van der Waals surface area contributed by atoms with Gasteiger partial charge >= 0.3 is 0 Å². The molecule has 2 aliphatic carbocycles. The lowest BCUT2D eigenvalue weighted by Gasteiger charge is -2.58. The highest BCUT2D eigenvalue weighted by Gasteiger charge is 2.48. The number of piperazine rings is 1. The quantitative estimate of drug-likeness (QED) is 0.889. The standard InChI is InChI=1S/C19H27FN2O2/c20-15-12-14(6-7-18(15)24-11-10-23)22-13-19(8-3-9-19)21-16-4-1-2-5-17(16)22/h6-7,12,16-17,21,23H,1-5,8-11,13H2/t16-,17-/m0/s1. The fourth-order valence-electron chi connectivity index (χ4n) is 4.66. The highest BCUT2D eigenvalue weighted by atomic mass is 19.1. The van der Waals surface area contributed by atoms with Crippen molar-refractivity contribution < 1.29 is 14.2 Å². The van der Waals surface area contributed by atoms with Crippen LogP contribution in [0.4, 0.5) is 10.1 Å². The minimum Gasteiger partial charge on any atom is -0.488 e. The molecule has 1 aromatic rings. The molecule has 1 aliphatic heterocycles. The number of hydrogen-bond acceptors (Lipinski definition) is 4. The first-order valence-electron chi connectivity index (χ1n) is 9.28. The van der Waals surface area contributed by atoms with Crippen LogP contribution in [0.5, 0.6) is 5.75 Å². The van der Waals surface area contributed by atoms with Crippen molar-refractivity contribution in [3.8, 4) is 5.75 Å². The van der Waals surface area contributed by atoms with E-state index in [0.29, 0.717) is 12.1 Å². The summed E-state index contributed by atoms with van der Waals surface area (Å²) in [6, 6.07) is 6.28. The number of anilines is 1. The molecule has 2 atom stereocenters. The number of aliphatic hydroxyl groups is 1. The number of halogens is 1. The minimum absolute atomic E-state index is 0.106. The molecule has 1 aromatic carbocycles. The number of ether oxygens (including phenoxy) is 1. The number of rotatable bonds is 4. The molecule has 5 heteroatoms. The maximum atomic E-state index is 14.4. The average molecular weight is 334 g/mol. The van der Waals surface area contributed by atoms with E-state index in [-0.39, 0.29) is 30.3 Å². The van der Waals surface area contributed by atoms with E-state index in [1.54, 1.807) is 12.1 Å². The van der Waals surface area contributed by atoms with Crippen molar-refractivity contribution in [1.29, 1.82) is 0 Å². The molecule has 1 saturated heterocycles. The lowest BCUT2D eigenvalue weighted by Crippen LogP contribution is -2.72. The third kappa shape index (κ3) is 2.88. The zero-order valence-corrected chi connectivity index (χ0v) is 14.1. The minimum atomic E-state index is -0.338. The van der Waals surface area contributed by atoms with Gasteiger partial charge in [0, 0.05) is 35.9 Å². The molecule has 2 saturated carbocycles. The SMILES string of the molecule is OCCOc1ccc(N2CC3(CCC3)N[C@H]3CCCC[C@@H]32)cc1F. The molecule has 1 spiro atoms. The maximum absolute atomic E-state index is 14.4.